The highest BCUT2D eigenvalue weighted by Crippen LogP contribution is 2.17. The molecule has 1 aromatic carbocycles. The molecule has 2 heterocycles. The van der Waals surface area contributed by atoms with E-state index in [1.54, 1.807) is 27.7 Å². The van der Waals surface area contributed by atoms with E-state index in [1.165, 1.54) is 12.4 Å². The third-order valence-corrected chi connectivity index (χ3v) is 4.08. The molecule has 0 spiro atoms. The van der Waals surface area contributed by atoms with Crippen LogP contribution in [0, 0.1) is 12.7 Å². The first-order valence-electron chi connectivity index (χ1n) is 8.72. The van der Waals surface area contributed by atoms with Crippen LogP contribution in [0.1, 0.15) is 24.1 Å². The zero-order chi connectivity index (χ0) is 19.2. The van der Waals surface area contributed by atoms with Crippen LogP contribution in [-0.4, -0.2) is 36.8 Å². The molecule has 2 aromatic heterocycles. The molecule has 0 aliphatic heterocycles. The summed E-state index contributed by atoms with van der Waals surface area (Å²) >= 11 is 0. The van der Waals surface area contributed by atoms with Crippen molar-refractivity contribution in [2.24, 2.45) is 12.0 Å². The fourth-order valence-corrected chi connectivity index (χ4v) is 2.63. The number of aromatic nitrogens is 5. The second kappa shape index (κ2) is 10.2. The summed E-state index contributed by atoms with van der Waals surface area (Å²) in [5.41, 5.74) is 1.26. The third kappa shape index (κ3) is 5.27. The molecule has 0 radical (unpaired) electrons. The first-order chi connectivity index (χ1) is 13.1. The molecule has 0 saturated carbocycles. The van der Waals surface area contributed by atoms with Crippen molar-refractivity contribution in [3.05, 3.63) is 59.9 Å². The summed E-state index contributed by atoms with van der Waals surface area (Å²) in [5, 5.41) is 10.4. The highest BCUT2D eigenvalue weighted by atomic mass is 127. The topological polar surface area (TPSA) is 84.9 Å². The molecule has 10 heteroatoms. The predicted molar refractivity (Wildman–Crippen MR) is 116 cm³/mol. The van der Waals surface area contributed by atoms with Gasteiger partial charge < -0.3 is 15.2 Å². The van der Waals surface area contributed by atoms with Crippen molar-refractivity contribution in [2.45, 2.75) is 26.9 Å². The molecule has 0 amide bonds. The third-order valence-electron chi connectivity index (χ3n) is 4.08. The molecule has 0 aliphatic rings. The Kier molecular flexibility index (Phi) is 7.91. The van der Waals surface area contributed by atoms with Crippen molar-refractivity contribution in [3.8, 4) is 5.69 Å². The van der Waals surface area contributed by atoms with Crippen molar-refractivity contribution >= 4 is 29.9 Å². The van der Waals surface area contributed by atoms with Crippen molar-refractivity contribution < 1.29 is 4.39 Å². The molecule has 8 nitrogen and oxygen atoms in total. The Morgan fingerprint density at radius 2 is 2.07 bits per heavy atom. The normalized spacial score (nSPS) is 11.2. The monoisotopic (exact) mass is 498 g/mol. The highest BCUT2D eigenvalue weighted by molar-refractivity contribution is 14.0. The molecule has 3 rings (SSSR count). The Morgan fingerprint density at radius 3 is 2.68 bits per heavy atom. The number of hydrogen-bond acceptors (Lipinski definition) is 4. The lowest BCUT2D eigenvalue weighted by Crippen LogP contribution is -2.37. The molecule has 0 aliphatic carbocycles. The minimum absolute atomic E-state index is 0. The fourth-order valence-electron chi connectivity index (χ4n) is 2.63. The first-order valence-corrected chi connectivity index (χ1v) is 8.72. The van der Waals surface area contributed by atoms with Crippen LogP contribution in [-0.2, 0) is 20.1 Å². The largest absolute Gasteiger partial charge is 0.357 e. The first kappa shape index (κ1) is 21.8. The van der Waals surface area contributed by atoms with Crippen LogP contribution in [0.5, 0.6) is 0 Å². The molecule has 0 bridgehead atoms. The Labute approximate surface area is 180 Å². The molecule has 0 atom stereocenters. The number of hydrogen-bond donors (Lipinski definition) is 2. The van der Waals surface area contributed by atoms with Crippen molar-refractivity contribution in [1.82, 2.24) is 34.9 Å². The minimum Gasteiger partial charge on any atom is -0.357 e. The number of guanidine groups is 1. The summed E-state index contributed by atoms with van der Waals surface area (Å²) < 4.78 is 17.9. The van der Waals surface area contributed by atoms with E-state index in [2.05, 4.69) is 30.7 Å². The predicted octanol–water partition coefficient (Wildman–Crippen LogP) is 2.32. The van der Waals surface area contributed by atoms with Crippen molar-refractivity contribution in [1.29, 1.82) is 0 Å². The summed E-state index contributed by atoms with van der Waals surface area (Å²) in [5.74, 6) is 1.87. The second-order valence-corrected chi connectivity index (χ2v) is 5.98. The Morgan fingerprint density at radius 1 is 1.25 bits per heavy atom. The number of aryl methyl sites for hydroxylation is 2. The maximum atomic E-state index is 14.5. The van der Waals surface area contributed by atoms with Crippen LogP contribution in [0.3, 0.4) is 0 Å². The van der Waals surface area contributed by atoms with Gasteiger partial charge in [0.2, 0.25) is 0 Å². The van der Waals surface area contributed by atoms with Gasteiger partial charge in [0.05, 0.1) is 18.8 Å². The number of rotatable bonds is 6. The van der Waals surface area contributed by atoms with E-state index >= 15 is 0 Å². The fraction of sp³-hybridized carbons (Fsp3) is 0.333. The highest BCUT2D eigenvalue weighted by Gasteiger charge is 2.08. The van der Waals surface area contributed by atoms with Gasteiger partial charge in [-0.15, -0.1) is 24.0 Å². The lowest BCUT2D eigenvalue weighted by Gasteiger charge is -2.11. The number of benzene rings is 1. The van der Waals surface area contributed by atoms with E-state index in [9.17, 15) is 4.39 Å². The number of imidazole rings is 1. The van der Waals surface area contributed by atoms with E-state index in [0.717, 1.165) is 23.8 Å². The van der Waals surface area contributed by atoms with Crippen LogP contribution in [0.2, 0.25) is 0 Å². The van der Waals surface area contributed by atoms with Gasteiger partial charge in [-0.3, -0.25) is 4.68 Å². The molecule has 2 N–H and O–H groups in total. The smallest absolute Gasteiger partial charge is 0.191 e. The molecular formula is C18H24FIN8. The molecule has 0 unspecified atom stereocenters. The van der Waals surface area contributed by atoms with Gasteiger partial charge in [0.25, 0.3) is 0 Å². The number of aliphatic imine (C=N–C) groups is 1. The lowest BCUT2D eigenvalue weighted by atomic mass is 10.2. The van der Waals surface area contributed by atoms with Gasteiger partial charge in [0.15, 0.2) is 5.96 Å². The van der Waals surface area contributed by atoms with Gasteiger partial charge in [0.1, 0.15) is 23.8 Å². The molecule has 0 saturated heterocycles. The molecule has 150 valence electrons. The zero-order valence-electron chi connectivity index (χ0n) is 16.1. The van der Waals surface area contributed by atoms with E-state index in [1.807, 2.05) is 27.0 Å². The van der Waals surface area contributed by atoms with Gasteiger partial charge in [-0.1, -0.05) is 6.07 Å². The van der Waals surface area contributed by atoms with Crippen LogP contribution in [0.25, 0.3) is 5.69 Å². The summed E-state index contributed by atoms with van der Waals surface area (Å²) in [4.78, 5) is 12.8. The molecular weight excluding hydrogens is 474 g/mol. The number of halogens is 2. The average molecular weight is 498 g/mol. The van der Waals surface area contributed by atoms with Crippen molar-refractivity contribution in [2.75, 3.05) is 6.54 Å². The van der Waals surface area contributed by atoms with Gasteiger partial charge in [-0.25, -0.2) is 19.4 Å². The quantitative estimate of drug-likeness (QED) is 0.310. The van der Waals surface area contributed by atoms with Crippen LogP contribution in [0.15, 0.2) is 41.9 Å². The van der Waals surface area contributed by atoms with Gasteiger partial charge in [-0.2, -0.15) is 5.10 Å². The maximum Gasteiger partial charge on any atom is 0.191 e. The Hall–Kier alpha value is -2.50. The Balaban J connectivity index is 0.00000280. The summed E-state index contributed by atoms with van der Waals surface area (Å²) in [6.07, 6.45) is 4.90. The molecule has 0 fully saturated rings. The molecule has 28 heavy (non-hydrogen) atoms. The minimum atomic E-state index is -0.305. The van der Waals surface area contributed by atoms with Crippen LogP contribution >= 0.6 is 24.0 Å². The molecule has 3 aromatic rings. The Bertz CT molecular complexity index is 933. The summed E-state index contributed by atoms with van der Waals surface area (Å²) in [6.45, 7) is 5.40. The SMILES string of the molecule is CCNC(=NCc1ccc(-n2ccnc2C)c(F)c1)NCc1ncnn1C.I. The number of nitrogens with one attached hydrogen (secondary N) is 2. The van der Waals surface area contributed by atoms with Crippen LogP contribution < -0.4 is 10.6 Å². The van der Waals surface area contributed by atoms with E-state index in [4.69, 9.17) is 0 Å². The average Bonchev–Trinajstić information content (AvgIpc) is 3.26. The number of nitrogens with zero attached hydrogens (tertiary/aromatic N) is 6. The van der Waals surface area contributed by atoms with Gasteiger partial charge >= 0.3 is 0 Å². The van der Waals surface area contributed by atoms with Crippen molar-refractivity contribution in [3.63, 3.8) is 0 Å². The van der Waals surface area contributed by atoms with E-state index in [-0.39, 0.29) is 29.8 Å². The second-order valence-electron chi connectivity index (χ2n) is 5.98. The van der Waals surface area contributed by atoms with E-state index in [0.29, 0.717) is 24.7 Å². The maximum absolute atomic E-state index is 14.5. The summed E-state index contributed by atoms with van der Waals surface area (Å²) in [6, 6.07) is 5.12. The zero-order valence-corrected chi connectivity index (χ0v) is 18.4. The van der Waals surface area contributed by atoms with Crippen LogP contribution in [0.4, 0.5) is 4.39 Å². The van der Waals surface area contributed by atoms with Gasteiger partial charge in [0, 0.05) is 26.0 Å². The summed E-state index contributed by atoms with van der Waals surface area (Å²) in [7, 11) is 1.83. The van der Waals surface area contributed by atoms with Gasteiger partial charge in [-0.05, 0) is 31.5 Å². The standard InChI is InChI=1S/C18H23FN8.HI/c1-4-20-18(23-11-17-24-12-25-26(17)3)22-10-14-5-6-16(15(19)9-14)27-8-7-21-13(27)2;/h5-9,12H,4,10-11H2,1-3H3,(H2,20,22,23);1H. The van der Waals surface area contributed by atoms with E-state index < -0.39 is 0 Å². The lowest BCUT2D eigenvalue weighted by molar-refractivity contribution is 0.614.